The second kappa shape index (κ2) is 37.5. The van der Waals surface area contributed by atoms with Crippen molar-refractivity contribution in [2.24, 2.45) is 10.7 Å². The van der Waals surface area contributed by atoms with E-state index in [9.17, 15) is 68.4 Å². The first kappa shape index (κ1) is 69.7. The molecule has 29 heteroatoms. The molecule has 0 spiro atoms. The Morgan fingerprint density at radius 1 is 0.636 bits per heavy atom. The van der Waals surface area contributed by atoms with E-state index < -0.39 is 64.7 Å². The first-order valence-electron chi connectivity index (χ1n) is 29.2. The average molecular weight is 1230 g/mol. The normalized spacial score (nSPS) is 15.0. The lowest BCUT2D eigenvalue weighted by Gasteiger charge is -2.35. The molecule has 88 heavy (non-hydrogen) atoms. The summed E-state index contributed by atoms with van der Waals surface area (Å²) >= 11 is 0. The Labute approximate surface area is 509 Å². The van der Waals surface area contributed by atoms with Crippen LogP contribution in [0.5, 0.6) is 11.5 Å². The molecule has 1 unspecified atom stereocenters. The van der Waals surface area contributed by atoms with E-state index in [1.54, 1.807) is 87.2 Å². The number of phenols is 1. The Balaban J connectivity index is 1.14. The minimum Gasteiger partial charge on any atom is -0.508 e. The van der Waals surface area contributed by atoms with E-state index in [0.717, 1.165) is 0 Å². The molecule has 0 radical (unpaired) electrons. The number of carboxylic acids is 3. The van der Waals surface area contributed by atoms with Crippen LogP contribution in [0.25, 0.3) is 0 Å². The second-order valence-electron chi connectivity index (χ2n) is 20.8. The third-order valence-electron chi connectivity index (χ3n) is 14.2. The molecule has 1 aliphatic heterocycles. The van der Waals surface area contributed by atoms with Gasteiger partial charge >= 0.3 is 23.9 Å². The molecule has 29 nitrogen and oxygen atoms in total. The number of rotatable bonds is 35. The van der Waals surface area contributed by atoms with Crippen molar-refractivity contribution in [2.45, 2.75) is 63.7 Å². The van der Waals surface area contributed by atoms with Crippen molar-refractivity contribution in [1.82, 2.24) is 51.5 Å². The van der Waals surface area contributed by atoms with Crippen molar-refractivity contribution < 1.29 is 63.5 Å². The fourth-order valence-electron chi connectivity index (χ4n) is 9.49. The third kappa shape index (κ3) is 24.8. The van der Waals surface area contributed by atoms with Gasteiger partial charge < -0.3 is 72.9 Å². The summed E-state index contributed by atoms with van der Waals surface area (Å²) in [5, 5.41) is 61.3. The number of hydrogen-bond donors (Lipinski definition) is 13. The predicted octanol–water partition coefficient (Wildman–Crippen LogP) is -0.885. The van der Waals surface area contributed by atoms with Crippen LogP contribution in [0.4, 0.5) is 16.2 Å². The highest BCUT2D eigenvalue weighted by Gasteiger charge is 2.29. The zero-order valence-electron chi connectivity index (χ0n) is 49.4. The molecule has 3 atom stereocenters. The number of aliphatic carboxylic acids is 3. The van der Waals surface area contributed by atoms with Crippen molar-refractivity contribution in [3.05, 3.63) is 116 Å². The van der Waals surface area contributed by atoms with Gasteiger partial charge in [-0.1, -0.05) is 61.5 Å². The van der Waals surface area contributed by atoms with Crippen LogP contribution in [-0.2, 0) is 40.1 Å². The van der Waals surface area contributed by atoms with E-state index >= 15 is 0 Å². The number of nitrogens with one attached hydrogen (secondary N) is 8. The van der Waals surface area contributed by atoms with Crippen LogP contribution in [0, 0.1) is 0 Å². The highest BCUT2D eigenvalue weighted by Crippen LogP contribution is 2.28. The number of carbonyl (C=O) groups excluding carboxylic acids is 5. The van der Waals surface area contributed by atoms with Crippen LogP contribution in [-0.4, -0.2) is 224 Å². The molecule has 0 aliphatic carbocycles. The van der Waals surface area contributed by atoms with Gasteiger partial charge in [-0.3, -0.25) is 63.3 Å². The van der Waals surface area contributed by atoms with E-state index in [2.05, 4.69) is 47.5 Å². The van der Waals surface area contributed by atoms with E-state index in [1.165, 1.54) is 12.1 Å². The summed E-state index contributed by atoms with van der Waals surface area (Å²) in [5.74, 6) is -4.85. The molecule has 1 fully saturated rings. The van der Waals surface area contributed by atoms with Gasteiger partial charge in [-0.05, 0) is 66.6 Å². The maximum Gasteiger partial charge on any atom is 0.344 e. The van der Waals surface area contributed by atoms with E-state index in [1.807, 2.05) is 6.07 Å². The Kier molecular flexibility index (Phi) is 29.7. The number of benzene rings is 3. The molecule has 478 valence electrons. The van der Waals surface area contributed by atoms with E-state index in [0.29, 0.717) is 61.0 Å². The maximum atomic E-state index is 14.5. The molecule has 0 aromatic heterocycles. The van der Waals surface area contributed by atoms with Gasteiger partial charge in [0.05, 0.1) is 32.2 Å². The molecule has 1 aliphatic rings. The minimum absolute atomic E-state index is 0.0641. The summed E-state index contributed by atoms with van der Waals surface area (Å²) < 4.78 is 6.14. The lowest BCUT2D eigenvalue weighted by molar-refractivity contribution is -0.140. The van der Waals surface area contributed by atoms with Crippen molar-refractivity contribution in [2.75, 3.05) is 129 Å². The lowest BCUT2D eigenvalue weighted by Crippen LogP contribution is -2.54. The van der Waals surface area contributed by atoms with Crippen molar-refractivity contribution in [3.8, 4) is 11.5 Å². The molecule has 1 saturated heterocycles. The van der Waals surface area contributed by atoms with Crippen molar-refractivity contribution in [3.63, 3.8) is 0 Å². The van der Waals surface area contributed by atoms with Gasteiger partial charge in [0, 0.05) is 105 Å². The molecule has 4 aromatic rings. The number of urea groups is 1. The zero-order valence-corrected chi connectivity index (χ0v) is 49.4. The highest BCUT2D eigenvalue weighted by molar-refractivity contribution is 5.93. The van der Waals surface area contributed by atoms with Gasteiger partial charge in [0.2, 0.25) is 17.7 Å². The largest absolute Gasteiger partial charge is 0.508 e. The van der Waals surface area contributed by atoms with Crippen LogP contribution in [0.2, 0.25) is 0 Å². The summed E-state index contributed by atoms with van der Waals surface area (Å²) in [6, 6.07) is 20.6. The first-order valence-corrected chi connectivity index (χ1v) is 29.2. The summed E-state index contributed by atoms with van der Waals surface area (Å²) in [4.78, 5) is 135. The maximum absolute atomic E-state index is 14.5. The number of aliphatic imine (C=N–C) groups is 1. The molecule has 5 amide bonds. The quantitative estimate of drug-likeness (QED) is 0.00874. The fraction of sp³-hybridized carbons (Fsp3) is 0.475. The standard InChI is InChI=1S/C59H82N14O15/c1-2-47(76)62-22-24-66-59(87)69-58(60)65-20-9-14-45(56(85)67-35-40-15-17-43(75)18-16-40)68-57(86)51(41-10-4-3-5-11-41)42-12-8-13-44(34-42)88-33-7-6-19-63-52-53(55(84)54(52)83)64-23-21-61-46(39-74)73-31-29-71(37-49(79)80)27-25-70(36-48(77)78)26-28-72(30-32-73)38-50(81)82/h3-5,8,10-13,15-18,34,39,45-46,51,61,63-64,75H,2,6-7,9,14,19-33,35-38H2,1H3,(H,62,76)(H,67,85)(H,68,86)(H,77,78)(H,79,80)(H,81,82)(H4,60,65,66,69,87)/t45-,46?,51+/m1/s1. The molecule has 0 saturated carbocycles. The van der Waals surface area contributed by atoms with Gasteiger partial charge in [-0.2, -0.15) is 4.99 Å². The zero-order chi connectivity index (χ0) is 63.8. The van der Waals surface area contributed by atoms with Crippen LogP contribution in [0.15, 0.2) is 93.4 Å². The number of aldehydes is 1. The topological polar surface area (TPSA) is 408 Å². The molecule has 5 rings (SSSR count). The Morgan fingerprint density at radius 3 is 1.81 bits per heavy atom. The van der Waals surface area contributed by atoms with E-state index in [4.69, 9.17) is 10.5 Å². The number of ether oxygens (including phenoxy) is 1. The van der Waals surface area contributed by atoms with Crippen molar-refractivity contribution >= 4 is 65.3 Å². The molecule has 1 heterocycles. The summed E-state index contributed by atoms with van der Waals surface area (Å²) in [7, 11) is 0. The van der Waals surface area contributed by atoms with Gasteiger partial charge in [0.25, 0.3) is 10.9 Å². The number of carbonyl (C=O) groups is 8. The number of carboxylic acid groups (broad SMARTS) is 3. The van der Waals surface area contributed by atoms with Gasteiger partial charge in [-0.25, -0.2) is 4.79 Å². The van der Waals surface area contributed by atoms with Crippen LogP contribution < -0.4 is 63.9 Å². The Morgan fingerprint density at radius 2 is 1.22 bits per heavy atom. The number of nitrogens with zero attached hydrogens (tertiary/aromatic N) is 5. The minimum atomic E-state index is -1.08. The number of hydrogen-bond acceptors (Lipinski definition) is 19. The highest BCUT2D eigenvalue weighted by atomic mass is 16.5. The van der Waals surface area contributed by atoms with E-state index in [-0.39, 0.29) is 153 Å². The second-order valence-corrected chi connectivity index (χ2v) is 20.8. The summed E-state index contributed by atoms with van der Waals surface area (Å²) in [5.41, 5.74) is 6.71. The third-order valence-corrected chi connectivity index (χ3v) is 14.2. The number of unbranched alkanes of at least 4 members (excludes halogenated alkanes) is 1. The monoisotopic (exact) mass is 1230 g/mol. The number of nitrogens with two attached hydrogens (primary N) is 1. The van der Waals surface area contributed by atoms with Crippen molar-refractivity contribution in [1.29, 1.82) is 0 Å². The number of aromatic hydroxyl groups is 1. The van der Waals surface area contributed by atoms with Gasteiger partial charge in [0.1, 0.15) is 35.1 Å². The molecular formula is C59H82N14O15. The van der Waals surface area contributed by atoms with Gasteiger partial charge in [0.15, 0.2) is 12.2 Å². The van der Waals surface area contributed by atoms with Crippen LogP contribution in [0.3, 0.4) is 0 Å². The Hall–Kier alpha value is -9.03. The predicted molar refractivity (Wildman–Crippen MR) is 327 cm³/mol. The summed E-state index contributed by atoms with van der Waals surface area (Å²) in [6.45, 7) is 3.95. The molecule has 0 bridgehead atoms. The SMILES string of the molecule is CCC(=O)NCCNC(=O)/N=C(/N)NCCC[C@@H](NC(=O)[C@@H](c1ccccc1)c1cccc(OCCCCNc2c(NCCNC(C=O)N3CCN(CC(=O)O)CCN(CC(=O)O)CCN(CC(=O)O)CC3)c(=O)c2=O)c1)C(=O)NCc1ccc(O)cc1. The lowest BCUT2D eigenvalue weighted by atomic mass is 9.90. The average Bonchev–Trinajstić information content (AvgIpc) is 3.37. The smallest absolute Gasteiger partial charge is 0.344 e. The summed E-state index contributed by atoms with van der Waals surface area (Å²) in [6.07, 6.45) is 1.61. The Bertz CT molecular complexity index is 2990. The number of guanidine groups is 1. The van der Waals surface area contributed by atoms with Crippen LogP contribution in [0.1, 0.15) is 61.6 Å². The molecular weight excluding hydrogens is 1140 g/mol. The first-order chi connectivity index (χ1) is 42.3. The fourth-order valence-corrected chi connectivity index (χ4v) is 9.49. The molecule has 14 N–H and O–H groups in total. The number of anilines is 2. The number of amides is 5. The van der Waals surface area contributed by atoms with Gasteiger partial charge in [-0.15, -0.1) is 0 Å². The number of phenolic OH excluding ortho intramolecular Hbond substituents is 1. The van der Waals surface area contributed by atoms with Crippen LogP contribution >= 0.6 is 0 Å². The molecule has 4 aromatic carbocycles.